The number of hydrogen-bond donors (Lipinski definition) is 0. The molecule has 1 aliphatic rings. The smallest absolute Gasteiger partial charge is 0.220 e. The van der Waals surface area contributed by atoms with Crippen molar-refractivity contribution in [3.8, 4) is 0 Å². The van der Waals surface area contributed by atoms with Gasteiger partial charge in [0.15, 0.2) is 0 Å². The Morgan fingerprint density at radius 3 is 2.59 bits per heavy atom. The Hall–Kier alpha value is -0.920. The first kappa shape index (κ1) is 12.5. The highest BCUT2D eigenvalue weighted by Gasteiger charge is 2.31. The third-order valence-electron chi connectivity index (χ3n) is 2.60. The molecule has 0 bridgehead atoms. The summed E-state index contributed by atoms with van der Waals surface area (Å²) in [6.07, 6.45) is 1.21. The molecule has 0 radical (unpaired) electrons. The van der Waals surface area contributed by atoms with Crippen molar-refractivity contribution in [3.63, 3.8) is 0 Å². The van der Waals surface area contributed by atoms with Crippen LogP contribution in [0.2, 0.25) is 0 Å². The molecule has 1 aromatic rings. The van der Waals surface area contributed by atoms with Crippen LogP contribution in [0.3, 0.4) is 0 Å². The van der Waals surface area contributed by atoms with Crippen molar-refractivity contribution in [1.82, 2.24) is 9.46 Å². The zero-order valence-electron chi connectivity index (χ0n) is 9.87. The lowest BCUT2D eigenvalue weighted by atomic mass is 10.3. The molecule has 0 aromatic carbocycles. The summed E-state index contributed by atoms with van der Waals surface area (Å²) in [5, 5.41) is 3.62. The summed E-state index contributed by atoms with van der Waals surface area (Å²) in [6.45, 7) is 4.53. The van der Waals surface area contributed by atoms with E-state index in [0.29, 0.717) is 18.8 Å². The van der Waals surface area contributed by atoms with E-state index in [0.717, 1.165) is 0 Å². The first-order valence-corrected chi connectivity index (χ1v) is 7.11. The molecule has 1 fully saturated rings. The van der Waals surface area contributed by atoms with Gasteiger partial charge >= 0.3 is 0 Å². The summed E-state index contributed by atoms with van der Waals surface area (Å²) >= 11 is 0. The maximum atomic E-state index is 12.1. The Balaban J connectivity index is 2.09. The molecule has 17 heavy (non-hydrogen) atoms. The molecule has 0 spiro atoms. The summed E-state index contributed by atoms with van der Waals surface area (Å²) in [5.41, 5.74) is 0.428. The lowest BCUT2D eigenvalue weighted by Crippen LogP contribution is -2.48. The molecule has 0 amide bonds. The fraction of sp³-hybridized carbons (Fsp3) is 0.700. The fourth-order valence-corrected chi connectivity index (χ4v) is 3.53. The van der Waals surface area contributed by atoms with Gasteiger partial charge in [0.2, 0.25) is 10.0 Å². The molecule has 7 heteroatoms. The van der Waals surface area contributed by atoms with E-state index >= 15 is 0 Å². The summed E-state index contributed by atoms with van der Waals surface area (Å²) < 4.78 is 35.9. The first-order valence-electron chi connectivity index (χ1n) is 5.50. The minimum Gasteiger partial charge on any atom is -0.373 e. The van der Waals surface area contributed by atoms with Crippen LogP contribution in [0.5, 0.6) is 0 Å². The molecule has 2 rings (SSSR count). The molecule has 0 saturated carbocycles. The van der Waals surface area contributed by atoms with E-state index in [9.17, 15) is 8.42 Å². The molecule has 2 atom stereocenters. The highest BCUT2D eigenvalue weighted by Crippen LogP contribution is 2.17. The molecule has 1 aromatic heterocycles. The van der Waals surface area contributed by atoms with Gasteiger partial charge in [-0.25, -0.2) is 8.42 Å². The Morgan fingerprint density at radius 1 is 1.41 bits per heavy atom. The molecule has 1 saturated heterocycles. The zero-order chi connectivity index (χ0) is 12.5. The van der Waals surface area contributed by atoms with Crippen LogP contribution in [0.15, 0.2) is 16.9 Å². The van der Waals surface area contributed by atoms with Crippen molar-refractivity contribution in [2.75, 3.05) is 13.1 Å². The van der Waals surface area contributed by atoms with Gasteiger partial charge in [-0.2, -0.15) is 4.31 Å². The molecule has 96 valence electrons. The quantitative estimate of drug-likeness (QED) is 0.796. The van der Waals surface area contributed by atoms with Gasteiger partial charge in [0, 0.05) is 19.2 Å². The van der Waals surface area contributed by atoms with Crippen LogP contribution in [0.4, 0.5) is 0 Å². The van der Waals surface area contributed by atoms with Gasteiger partial charge in [0.1, 0.15) is 12.0 Å². The van der Waals surface area contributed by atoms with Crippen molar-refractivity contribution in [3.05, 3.63) is 18.0 Å². The Kier molecular flexibility index (Phi) is 3.50. The van der Waals surface area contributed by atoms with E-state index < -0.39 is 10.0 Å². The van der Waals surface area contributed by atoms with E-state index in [4.69, 9.17) is 4.74 Å². The lowest BCUT2D eigenvalue weighted by Gasteiger charge is -2.34. The van der Waals surface area contributed by atoms with Gasteiger partial charge in [0.25, 0.3) is 0 Å². The zero-order valence-corrected chi connectivity index (χ0v) is 10.7. The van der Waals surface area contributed by atoms with Gasteiger partial charge in [-0.05, 0) is 13.8 Å². The molecule has 0 N–H and O–H groups in total. The molecule has 0 aliphatic carbocycles. The molecule has 0 unspecified atom stereocenters. The van der Waals surface area contributed by atoms with Crippen molar-refractivity contribution >= 4 is 10.0 Å². The van der Waals surface area contributed by atoms with Gasteiger partial charge < -0.3 is 9.26 Å². The second kappa shape index (κ2) is 4.75. The summed E-state index contributed by atoms with van der Waals surface area (Å²) in [6, 6.07) is 1.56. The molecule has 1 aliphatic heterocycles. The summed E-state index contributed by atoms with van der Waals surface area (Å²) in [7, 11) is -3.34. The fourth-order valence-electron chi connectivity index (χ4n) is 1.95. The predicted molar refractivity (Wildman–Crippen MR) is 60.7 cm³/mol. The Labute approximate surface area is 101 Å². The average molecular weight is 260 g/mol. The Bertz CT molecular complexity index is 447. The molecule has 2 heterocycles. The van der Waals surface area contributed by atoms with Crippen LogP contribution in [0, 0.1) is 0 Å². The monoisotopic (exact) mass is 260 g/mol. The van der Waals surface area contributed by atoms with E-state index in [1.165, 1.54) is 10.6 Å². The number of ether oxygens (including phenoxy) is 1. The third kappa shape index (κ3) is 3.05. The molecular formula is C10H16N2O4S. The minimum atomic E-state index is -3.34. The van der Waals surface area contributed by atoms with E-state index in [1.54, 1.807) is 6.07 Å². The van der Waals surface area contributed by atoms with E-state index in [2.05, 4.69) is 9.68 Å². The maximum absolute atomic E-state index is 12.1. The number of nitrogens with zero attached hydrogens (tertiary/aromatic N) is 2. The van der Waals surface area contributed by atoms with Crippen LogP contribution in [0.1, 0.15) is 19.5 Å². The average Bonchev–Trinajstić information content (AvgIpc) is 2.68. The topological polar surface area (TPSA) is 72.6 Å². The molecular weight excluding hydrogens is 244 g/mol. The highest BCUT2D eigenvalue weighted by atomic mass is 32.2. The van der Waals surface area contributed by atoms with Crippen molar-refractivity contribution in [1.29, 1.82) is 0 Å². The maximum Gasteiger partial charge on any atom is 0.220 e. The Morgan fingerprint density at radius 2 is 2.06 bits per heavy atom. The van der Waals surface area contributed by atoms with Gasteiger partial charge in [-0.3, -0.25) is 0 Å². The number of aromatic nitrogens is 1. The summed E-state index contributed by atoms with van der Waals surface area (Å²) in [5.74, 6) is -0.122. The lowest BCUT2D eigenvalue weighted by molar-refractivity contribution is -0.0441. The first-order chi connectivity index (χ1) is 7.97. The number of hydrogen-bond acceptors (Lipinski definition) is 5. The highest BCUT2D eigenvalue weighted by molar-refractivity contribution is 7.88. The number of morpholine rings is 1. The van der Waals surface area contributed by atoms with Gasteiger partial charge in [-0.15, -0.1) is 0 Å². The van der Waals surface area contributed by atoms with Crippen molar-refractivity contribution < 1.29 is 17.7 Å². The van der Waals surface area contributed by atoms with Gasteiger partial charge in [0.05, 0.1) is 17.9 Å². The van der Waals surface area contributed by atoms with Crippen LogP contribution in [-0.2, 0) is 20.5 Å². The second-order valence-electron chi connectivity index (χ2n) is 4.32. The van der Waals surface area contributed by atoms with E-state index in [1.807, 2.05) is 13.8 Å². The minimum absolute atomic E-state index is 0.0779. The largest absolute Gasteiger partial charge is 0.373 e. The SMILES string of the molecule is C[C@@H]1CN(S(=O)(=O)Cc2ccon2)C[C@H](C)O1. The van der Waals surface area contributed by atoms with Crippen molar-refractivity contribution in [2.45, 2.75) is 31.8 Å². The normalized spacial score (nSPS) is 27.2. The second-order valence-corrected chi connectivity index (χ2v) is 6.29. The molecule has 6 nitrogen and oxygen atoms in total. The predicted octanol–water partition coefficient (Wildman–Crippen LogP) is 0.614. The standard InChI is InChI=1S/C10H16N2O4S/c1-8-5-12(6-9(2)16-8)17(13,14)7-10-3-4-15-11-10/h3-4,8-9H,5-7H2,1-2H3/t8-,9+. The van der Waals surface area contributed by atoms with Crippen LogP contribution >= 0.6 is 0 Å². The third-order valence-corrected chi connectivity index (χ3v) is 4.35. The number of sulfonamides is 1. The van der Waals surface area contributed by atoms with E-state index in [-0.39, 0.29) is 18.0 Å². The van der Waals surface area contributed by atoms with Crippen LogP contribution in [0.25, 0.3) is 0 Å². The van der Waals surface area contributed by atoms with Crippen LogP contribution in [-0.4, -0.2) is 43.2 Å². The van der Waals surface area contributed by atoms with Gasteiger partial charge in [-0.1, -0.05) is 5.16 Å². The van der Waals surface area contributed by atoms with Crippen LogP contribution < -0.4 is 0 Å². The van der Waals surface area contributed by atoms with Crippen molar-refractivity contribution in [2.24, 2.45) is 0 Å². The number of rotatable bonds is 3. The summed E-state index contributed by atoms with van der Waals surface area (Å²) in [4.78, 5) is 0.